The Bertz CT molecular complexity index is 894. The lowest BCUT2D eigenvalue weighted by Crippen LogP contribution is -2.35. The van der Waals surface area contributed by atoms with E-state index in [0.717, 1.165) is 17.6 Å². The lowest BCUT2D eigenvalue weighted by Gasteiger charge is -2.27. The monoisotopic (exact) mass is 308 g/mol. The Hall–Kier alpha value is -2.95. The molecule has 0 saturated carbocycles. The number of rotatable bonds is 1. The largest absolute Gasteiger partial charge is 0.507 e. The van der Waals surface area contributed by atoms with Crippen molar-refractivity contribution < 1.29 is 15.0 Å². The minimum atomic E-state index is -0.357. The first-order valence-corrected chi connectivity index (χ1v) is 7.54. The number of aromatic hydroxyl groups is 2. The van der Waals surface area contributed by atoms with Crippen molar-refractivity contribution in [2.45, 2.75) is 13.0 Å². The van der Waals surface area contributed by atoms with Gasteiger partial charge in [0, 0.05) is 23.1 Å². The number of fused-ring (bicyclic) bond motifs is 3. The summed E-state index contributed by atoms with van der Waals surface area (Å²) in [5.41, 5.74) is 3.29. The molecule has 23 heavy (non-hydrogen) atoms. The average Bonchev–Trinajstić information content (AvgIpc) is 2.92. The number of amides is 1. The molecule has 5 heteroatoms. The van der Waals surface area contributed by atoms with Crippen LogP contribution in [0.25, 0.3) is 10.9 Å². The van der Waals surface area contributed by atoms with Gasteiger partial charge < -0.3 is 20.1 Å². The molecule has 2 aromatic carbocycles. The third-order valence-electron chi connectivity index (χ3n) is 4.40. The quantitative estimate of drug-likeness (QED) is 0.647. The lowest BCUT2D eigenvalue weighted by molar-refractivity contribution is 0.0726. The first-order valence-electron chi connectivity index (χ1n) is 7.54. The predicted octanol–water partition coefficient (Wildman–Crippen LogP) is 2.78. The summed E-state index contributed by atoms with van der Waals surface area (Å²) in [6.07, 6.45) is 0.749. The number of aromatic nitrogens is 1. The molecule has 0 aliphatic carbocycles. The van der Waals surface area contributed by atoms with E-state index in [4.69, 9.17) is 0 Å². The Balaban J connectivity index is 1.69. The van der Waals surface area contributed by atoms with E-state index >= 15 is 0 Å². The second-order valence-electron chi connectivity index (χ2n) is 5.78. The summed E-state index contributed by atoms with van der Waals surface area (Å²) < 4.78 is 0. The zero-order chi connectivity index (χ0) is 16.0. The van der Waals surface area contributed by atoms with Gasteiger partial charge in [0.25, 0.3) is 5.91 Å². The van der Waals surface area contributed by atoms with E-state index in [1.54, 1.807) is 4.90 Å². The molecule has 1 aliphatic heterocycles. The number of nitrogens with zero attached hydrogens (tertiary/aromatic N) is 1. The molecule has 3 N–H and O–H groups in total. The number of nitrogens with one attached hydrogen (secondary N) is 1. The Morgan fingerprint density at radius 2 is 1.78 bits per heavy atom. The fourth-order valence-corrected chi connectivity index (χ4v) is 3.27. The molecule has 1 aliphatic rings. The van der Waals surface area contributed by atoms with Gasteiger partial charge in [-0.2, -0.15) is 0 Å². The fraction of sp³-hybridized carbons (Fsp3) is 0.167. The summed E-state index contributed by atoms with van der Waals surface area (Å²) in [5.74, 6) is -0.750. The van der Waals surface area contributed by atoms with Crippen LogP contribution in [0.5, 0.6) is 11.5 Å². The summed E-state index contributed by atoms with van der Waals surface area (Å²) in [7, 11) is 0. The maximum atomic E-state index is 12.7. The molecule has 0 saturated heterocycles. The fourth-order valence-electron chi connectivity index (χ4n) is 3.27. The van der Waals surface area contributed by atoms with Crippen LogP contribution in [0, 0.1) is 0 Å². The van der Waals surface area contributed by atoms with E-state index in [0.29, 0.717) is 13.1 Å². The molecule has 0 atom stereocenters. The van der Waals surface area contributed by atoms with Crippen molar-refractivity contribution in [2.24, 2.45) is 0 Å². The van der Waals surface area contributed by atoms with Crippen LogP contribution in [0.15, 0.2) is 42.5 Å². The number of H-pyrrole nitrogens is 1. The van der Waals surface area contributed by atoms with Gasteiger partial charge >= 0.3 is 0 Å². The molecule has 1 aromatic heterocycles. The molecule has 116 valence electrons. The van der Waals surface area contributed by atoms with Gasteiger partial charge in [-0.15, -0.1) is 0 Å². The van der Waals surface area contributed by atoms with Gasteiger partial charge in [-0.3, -0.25) is 4.79 Å². The van der Waals surface area contributed by atoms with Crippen LogP contribution < -0.4 is 0 Å². The molecule has 0 radical (unpaired) electrons. The number of phenols is 2. The molecule has 0 bridgehead atoms. The smallest absolute Gasteiger partial charge is 0.261 e. The molecule has 2 heterocycles. The van der Waals surface area contributed by atoms with E-state index in [1.165, 1.54) is 29.1 Å². The maximum Gasteiger partial charge on any atom is 0.261 e. The SMILES string of the molecule is O=C(c1c(O)cccc1O)N1CCc2c([nH]c3ccccc23)C1. The van der Waals surface area contributed by atoms with E-state index < -0.39 is 0 Å². The molecule has 4 rings (SSSR count). The van der Waals surface area contributed by atoms with Gasteiger partial charge in [-0.1, -0.05) is 24.3 Å². The van der Waals surface area contributed by atoms with Gasteiger partial charge in [-0.05, 0) is 30.2 Å². The number of benzene rings is 2. The summed E-state index contributed by atoms with van der Waals surface area (Å²) in [4.78, 5) is 17.7. The zero-order valence-corrected chi connectivity index (χ0v) is 12.4. The second-order valence-corrected chi connectivity index (χ2v) is 5.78. The van der Waals surface area contributed by atoms with Gasteiger partial charge in [-0.25, -0.2) is 0 Å². The van der Waals surface area contributed by atoms with E-state index in [-0.39, 0.29) is 23.0 Å². The Morgan fingerprint density at radius 3 is 2.57 bits per heavy atom. The topological polar surface area (TPSA) is 76.6 Å². The summed E-state index contributed by atoms with van der Waals surface area (Å²) in [6, 6.07) is 12.4. The molecule has 5 nitrogen and oxygen atoms in total. The van der Waals surface area contributed by atoms with Gasteiger partial charge in [0.2, 0.25) is 0 Å². The molecular weight excluding hydrogens is 292 g/mol. The van der Waals surface area contributed by atoms with Gasteiger partial charge in [0.1, 0.15) is 17.1 Å². The lowest BCUT2D eigenvalue weighted by atomic mass is 10.0. The standard InChI is InChI=1S/C18H16N2O3/c21-15-6-3-7-16(22)17(15)18(23)20-9-8-12-11-4-1-2-5-13(11)19-14(12)10-20/h1-7,19,21-22H,8-10H2. The van der Waals surface area contributed by atoms with Crippen LogP contribution in [0.1, 0.15) is 21.6 Å². The molecule has 1 amide bonds. The summed E-state index contributed by atoms with van der Waals surface area (Å²) in [6.45, 7) is 0.998. The number of carbonyl (C=O) groups excluding carboxylic acids is 1. The highest BCUT2D eigenvalue weighted by Gasteiger charge is 2.27. The van der Waals surface area contributed by atoms with Crippen molar-refractivity contribution in [1.82, 2.24) is 9.88 Å². The summed E-state index contributed by atoms with van der Waals surface area (Å²) >= 11 is 0. The Morgan fingerprint density at radius 1 is 1.04 bits per heavy atom. The van der Waals surface area contributed by atoms with Crippen molar-refractivity contribution in [3.8, 4) is 11.5 Å². The van der Waals surface area contributed by atoms with Crippen molar-refractivity contribution in [3.05, 3.63) is 59.3 Å². The van der Waals surface area contributed by atoms with Crippen molar-refractivity contribution in [1.29, 1.82) is 0 Å². The van der Waals surface area contributed by atoms with Gasteiger partial charge in [0.05, 0.1) is 6.54 Å². The van der Waals surface area contributed by atoms with E-state index in [1.807, 2.05) is 18.2 Å². The minimum Gasteiger partial charge on any atom is -0.507 e. The zero-order valence-electron chi connectivity index (χ0n) is 12.4. The molecule has 0 fully saturated rings. The van der Waals surface area contributed by atoms with Crippen molar-refractivity contribution in [3.63, 3.8) is 0 Å². The number of phenolic OH excluding ortho intramolecular Hbond substituents is 2. The highest BCUT2D eigenvalue weighted by Crippen LogP contribution is 2.31. The average molecular weight is 308 g/mol. The summed E-state index contributed by atoms with van der Waals surface area (Å²) in [5, 5.41) is 21.0. The second kappa shape index (κ2) is 5.05. The molecular formula is C18H16N2O3. The Labute approximate surface area is 132 Å². The van der Waals surface area contributed by atoms with Crippen molar-refractivity contribution >= 4 is 16.8 Å². The molecule has 0 spiro atoms. The number of para-hydroxylation sites is 1. The highest BCUT2D eigenvalue weighted by molar-refractivity contribution is 5.99. The molecule has 0 unspecified atom stereocenters. The first kappa shape index (κ1) is 13.7. The van der Waals surface area contributed by atoms with E-state index in [9.17, 15) is 15.0 Å². The number of carbonyl (C=O) groups is 1. The Kier molecular flexibility index (Phi) is 3.01. The third-order valence-corrected chi connectivity index (χ3v) is 4.40. The number of aromatic amines is 1. The first-order chi connectivity index (χ1) is 11.1. The highest BCUT2D eigenvalue weighted by atomic mass is 16.3. The maximum absolute atomic E-state index is 12.7. The van der Waals surface area contributed by atoms with Crippen LogP contribution >= 0.6 is 0 Å². The van der Waals surface area contributed by atoms with Crippen LogP contribution in [0.2, 0.25) is 0 Å². The number of hydrogen-bond donors (Lipinski definition) is 3. The normalized spacial score (nSPS) is 14.0. The van der Waals surface area contributed by atoms with E-state index in [2.05, 4.69) is 11.1 Å². The predicted molar refractivity (Wildman–Crippen MR) is 86.5 cm³/mol. The van der Waals surface area contributed by atoms with Gasteiger partial charge in [0.15, 0.2) is 0 Å². The molecule has 3 aromatic rings. The number of hydrogen-bond acceptors (Lipinski definition) is 3. The van der Waals surface area contributed by atoms with Crippen LogP contribution in [-0.4, -0.2) is 32.5 Å². The van der Waals surface area contributed by atoms with Crippen LogP contribution in [-0.2, 0) is 13.0 Å². The van der Waals surface area contributed by atoms with Crippen molar-refractivity contribution in [2.75, 3.05) is 6.54 Å². The van der Waals surface area contributed by atoms with Crippen LogP contribution in [0.3, 0.4) is 0 Å². The van der Waals surface area contributed by atoms with Crippen LogP contribution in [0.4, 0.5) is 0 Å². The third kappa shape index (κ3) is 2.12. The minimum absolute atomic E-state index is 0.0351.